The van der Waals surface area contributed by atoms with Crippen LogP contribution in [0.5, 0.6) is 0 Å². The number of nitro benzene ring substituents is 1. The number of non-ortho nitro benzene ring substituents is 1. The molecule has 0 aromatic heterocycles. The molecule has 1 fully saturated rings. The molecule has 0 radical (unpaired) electrons. The van der Waals surface area contributed by atoms with Gasteiger partial charge in [0.05, 0.1) is 10.6 Å². The molecule has 1 heterocycles. The number of hydrogen-bond acceptors (Lipinski definition) is 4. The molecule has 1 saturated heterocycles. The lowest BCUT2D eigenvalue weighted by atomic mass is 9.92. The van der Waals surface area contributed by atoms with Crippen molar-refractivity contribution >= 4 is 27.3 Å². The predicted molar refractivity (Wildman–Crippen MR) is 84.1 cm³/mol. The van der Waals surface area contributed by atoms with Crippen molar-refractivity contribution in [3.8, 4) is 0 Å². The van der Waals surface area contributed by atoms with E-state index in [1.165, 1.54) is 18.9 Å². The summed E-state index contributed by atoms with van der Waals surface area (Å²) in [6.45, 7) is 4.37. The Balaban J connectivity index is 2.08. The second kappa shape index (κ2) is 6.54. The summed E-state index contributed by atoms with van der Waals surface area (Å²) in [7, 11) is 2.14. The number of hydrogen-bond donors (Lipinski definition) is 1. The first-order chi connectivity index (χ1) is 9.47. The third-order valence-electron chi connectivity index (χ3n) is 3.91. The molecule has 2 rings (SSSR count). The highest BCUT2D eigenvalue weighted by Gasteiger charge is 2.23. The van der Waals surface area contributed by atoms with Crippen molar-refractivity contribution < 1.29 is 4.92 Å². The van der Waals surface area contributed by atoms with E-state index in [1.807, 2.05) is 0 Å². The quantitative estimate of drug-likeness (QED) is 0.672. The maximum atomic E-state index is 10.9. The Bertz CT molecular complexity index is 495. The molecule has 0 saturated carbocycles. The van der Waals surface area contributed by atoms with Gasteiger partial charge in [0, 0.05) is 29.2 Å². The van der Waals surface area contributed by atoms with E-state index in [2.05, 4.69) is 40.1 Å². The van der Waals surface area contributed by atoms with E-state index in [4.69, 9.17) is 0 Å². The number of likely N-dealkylation sites (tertiary alicyclic amines) is 1. The third kappa shape index (κ3) is 3.70. The second-order valence-corrected chi connectivity index (χ2v) is 6.37. The Hall–Kier alpha value is -1.14. The summed E-state index contributed by atoms with van der Waals surface area (Å²) >= 11 is 3.45. The van der Waals surface area contributed by atoms with E-state index in [0.717, 1.165) is 23.2 Å². The zero-order valence-corrected chi connectivity index (χ0v) is 13.4. The van der Waals surface area contributed by atoms with E-state index in [0.29, 0.717) is 5.92 Å². The van der Waals surface area contributed by atoms with Crippen LogP contribution in [0.25, 0.3) is 0 Å². The molecule has 6 heteroatoms. The van der Waals surface area contributed by atoms with E-state index in [-0.39, 0.29) is 16.7 Å². The zero-order chi connectivity index (χ0) is 14.7. The maximum Gasteiger partial charge on any atom is 0.271 e. The van der Waals surface area contributed by atoms with Crippen molar-refractivity contribution in [1.82, 2.24) is 4.90 Å². The molecule has 0 bridgehead atoms. The highest BCUT2D eigenvalue weighted by molar-refractivity contribution is 9.10. The van der Waals surface area contributed by atoms with Crippen molar-refractivity contribution in [3.05, 3.63) is 32.8 Å². The van der Waals surface area contributed by atoms with Gasteiger partial charge in [0.15, 0.2) is 0 Å². The molecule has 1 N–H and O–H groups in total. The minimum atomic E-state index is -0.364. The number of nitrogens with one attached hydrogen (secondary N) is 1. The monoisotopic (exact) mass is 341 g/mol. The van der Waals surface area contributed by atoms with E-state index in [9.17, 15) is 10.1 Å². The average molecular weight is 342 g/mol. The normalized spacial score (nSPS) is 21.4. The van der Waals surface area contributed by atoms with Gasteiger partial charge in [-0.3, -0.25) is 10.1 Å². The van der Waals surface area contributed by atoms with Gasteiger partial charge in [-0.15, -0.1) is 0 Å². The fourth-order valence-corrected chi connectivity index (χ4v) is 3.08. The van der Waals surface area contributed by atoms with Crippen LogP contribution < -0.4 is 5.32 Å². The summed E-state index contributed by atoms with van der Waals surface area (Å²) in [5.41, 5.74) is 0.906. The van der Waals surface area contributed by atoms with Crippen LogP contribution in [0.3, 0.4) is 0 Å². The van der Waals surface area contributed by atoms with Gasteiger partial charge in [-0.25, -0.2) is 0 Å². The molecule has 1 aromatic carbocycles. The zero-order valence-electron chi connectivity index (χ0n) is 11.8. The van der Waals surface area contributed by atoms with Crippen LogP contribution in [-0.4, -0.2) is 36.0 Å². The van der Waals surface area contributed by atoms with Gasteiger partial charge in [0.1, 0.15) is 0 Å². The highest BCUT2D eigenvalue weighted by atomic mass is 79.9. The Morgan fingerprint density at radius 3 is 2.95 bits per heavy atom. The Labute approximate surface area is 127 Å². The second-order valence-electron chi connectivity index (χ2n) is 5.52. The van der Waals surface area contributed by atoms with Crippen LogP contribution in [0.4, 0.5) is 11.4 Å². The van der Waals surface area contributed by atoms with Crippen LogP contribution in [-0.2, 0) is 0 Å². The van der Waals surface area contributed by atoms with Gasteiger partial charge < -0.3 is 10.2 Å². The number of nitrogens with zero attached hydrogens (tertiary/aromatic N) is 2. The summed E-state index contributed by atoms with van der Waals surface area (Å²) in [6, 6.07) is 5.11. The lowest BCUT2D eigenvalue weighted by molar-refractivity contribution is -0.384. The number of nitro groups is 1. The summed E-state index contributed by atoms with van der Waals surface area (Å²) in [5.74, 6) is 0.569. The molecule has 2 unspecified atom stereocenters. The molecule has 1 aromatic rings. The van der Waals surface area contributed by atoms with Crippen molar-refractivity contribution in [2.45, 2.75) is 25.8 Å². The molecule has 0 amide bonds. The third-order valence-corrected chi connectivity index (χ3v) is 4.60. The minimum Gasteiger partial charge on any atom is -0.381 e. The van der Waals surface area contributed by atoms with Crippen LogP contribution in [0.2, 0.25) is 0 Å². The Morgan fingerprint density at radius 2 is 2.30 bits per heavy atom. The van der Waals surface area contributed by atoms with Crippen LogP contribution in [0.1, 0.15) is 19.8 Å². The van der Waals surface area contributed by atoms with Crippen molar-refractivity contribution in [2.24, 2.45) is 5.92 Å². The first kappa shape index (κ1) is 15.3. The molecule has 2 atom stereocenters. The van der Waals surface area contributed by atoms with Crippen LogP contribution >= 0.6 is 15.9 Å². The summed E-state index contributed by atoms with van der Waals surface area (Å²) < 4.78 is 0.860. The largest absolute Gasteiger partial charge is 0.381 e. The first-order valence-electron chi connectivity index (χ1n) is 6.86. The molecular formula is C14H20BrN3O2. The van der Waals surface area contributed by atoms with E-state index in [1.54, 1.807) is 12.1 Å². The molecule has 20 heavy (non-hydrogen) atoms. The average Bonchev–Trinajstić information content (AvgIpc) is 2.41. The van der Waals surface area contributed by atoms with Gasteiger partial charge >= 0.3 is 0 Å². The molecule has 110 valence electrons. The number of piperidine rings is 1. The fraction of sp³-hybridized carbons (Fsp3) is 0.571. The molecule has 1 aliphatic rings. The smallest absolute Gasteiger partial charge is 0.271 e. The Morgan fingerprint density at radius 1 is 1.55 bits per heavy atom. The van der Waals surface area contributed by atoms with Gasteiger partial charge in [-0.2, -0.15) is 0 Å². The lowest BCUT2D eigenvalue weighted by Gasteiger charge is -2.34. The molecule has 0 aliphatic carbocycles. The minimum absolute atomic E-state index is 0.115. The SMILES string of the molecule is CC(Nc1cc([N+](=O)[O-])ccc1Br)C1CCCN(C)C1. The highest BCUT2D eigenvalue weighted by Crippen LogP contribution is 2.29. The van der Waals surface area contributed by atoms with Crippen LogP contribution in [0, 0.1) is 16.0 Å². The van der Waals surface area contributed by atoms with Gasteiger partial charge in [0.2, 0.25) is 0 Å². The molecule has 5 nitrogen and oxygen atoms in total. The molecular weight excluding hydrogens is 322 g/mol. The maximum absolute atomic E-state index is 10.9. The summed E-state index contributed by atoms with van der Waals surface area (Å²) in [4.78, 5) is 12.8. The van der Waals surface area contributed by atoms with Gasteiger partial charge in [0.25, 0.3) is 5.69 Å². The topological polar surface area (TPSA) is 58.4 Å². The summed E-state index contributed by atoms with van der Waals surface area (Å²) in [6.07, 6.45) is 2.41. The standard InChI is InChI=1S/C14H20BrN3O2/c1-10(11-4-3-7-17(2)9-11)16-14-8-12(18(19)20)5-6-13(14)15/h5-6,8,10-11,16H,3-4,7,9H2,1-2H3. The number of rotatable bonds is 4. The molecule has 0 spiro atoms. The lowest BCUT2D eigenvalue weighted by Crippen LogP contribution is -2.39. The predicted octanol–water partition coefficient (Wildman–Crippen LogP) is 3.50. The number of anilines is 1. The number of benzene rings is 1. The van der Waals surface area contributed by atoms with Crippen LogP contribution in [0.15, 0.2) is 22.7 Å². The Kier molecular flexibility index (Phi) is 4.99. The van der Waals surface area contributed by atoms with E-state index >= 15 is 0 Å². The number of halogens is 1. The van der Waals surface area contributed by atoms with Gasteiger partial charge in [-0.05, 0) is 61.3 Å². The van der Waals surface area contributed by atoms with Crippen molar-refractivity contribution in [3.63, 3.8) is 0 Å². The fourth-order valence-electron chi connectivity index (χ4n) is 2.71. The van der Waals surface area contributed by atoms with E-state index < -0.39 is 0 Å². The van der Waals surface area contributed by atoms with Crippen molar-refractivity contribution in [1.29, 1.82) is 0 Å². The molecule has 1 aliphatic heterocycles. The van der Waals surface area contributed by atoms with Crippen molar-refractivity contribution in [2.75, 3.05) is 25.5 Å². The van der Waals surface area contributed by atoms with Gasteiger partial charge in [-0.1, -0.05) is 0 Å². The first-order valence-corrected chi connectivity index (χ1v) is 7.65. The summed E-state index contributed by atoms with van der Waals surface area (Å²) in [5, 5.41) is 14.3.